The number of hydrogen-bond acceptors (Lipinski definition) is 4. The molecule has 4 heteroatoms. The number of pyridine rings is 1. The van der Waals surface area contributed by atoms with Crippen LogP contribution in [0.2, 0.25) is 0 Å². The largest absolute Gasteiger partial charge is 0.330 e. The van der Waals surface area contributed by atoms with Crippen LogP contribution in [0.4, 0.5) is 0 Å². The highest BCUT2D eigenvalue weighted by molar-refractivity contribution is 7.15. The van der Waals surface area contributed by atoms with E-state index in [0.29, 0.717) is 5.92 Å². The number of nitrogens with two attached hydrogens (primary N) is 1. The summed E-state index contributed by atoms with van der Waals surface area (Å²) in [5.74, 6) is 0.585. The summed E-state index contributed by atoms with van der Waals surface area (Å²) >= 11 is 1.82. The Hall–Kier alpha value is -1.26. The lowest BCUT2D eigenvalue weighted by Gasteiger charge is -2.06. The second-order valence-electron chi connectivity index (χ2n) is 4.38. The average molecular weight is 245 g/mol. The van der Waals surface area contributed by atoms with E-state index in [1.165, 1.54) is 29.0 Å². The summed E-state index contributed by atoms with van der Waals surface area (Å²) in [5, 5.41) is 1.12. The zero-order valence-corrected chi connectivity index (χ0v) is 10.4. The molecule has 2 N–H and O–H groups in total. The Balaban J connectivity index is 1.93. The highest BCUT2D eigenvalue weighted by Crippen LogP contribution is 2.40. The third kappa shape index (κ3) is 1.98. The van der Waals surface area contributed by atoms with Gasteiger partial charge in [0.05, 0.1) is 5.69 Å². The van der Waals surface area contributed by atoms with Crippen molar-refractivity contribution in [3.05, 3.63) is 35.1 Å². The monoisotopic (exact) mass is 245 g/mol. The van der Waals surface area contributed by atoms with Gasteiger partial charge in [0.25, 0.3) is 0 Å². The molecule has 3 rings (SSSR count). The van der Waals surface area contributed by atoms with Gasteiger partial charge in [0.2, 0.25) is 0 Å². The summed E-state index contributed by atoms with van der Waals surface area (Å²) in [6.07, 6.45) is 7.09. The van der Waals surface area contributed by atoms with E-state index < -0.39 is 0 Å². The minimum absolute atomic E-state index is 0.585. The third-order valence-corrected chi connectivity index (χ3v) is 4.46. The van der Waals surface area contributed by atoms with Crippen LogP contribution in [-0.4, -0.2) is 16.5 Å². The quantitative estimate of drug-likeness (QED) is 0.904. The first-order valence-corrected chi connectivity index (χ1v) is 6.80. The molecule has 2 aromatic rings. The maximum Gasteiger partial charge on any atom is 0.123 e. The molecule has 3 nitrogen and oxygen atoms in total. The van der Waals surface area contributed by atoms with Crippen molar-refractivity contribution in [3.8, 4) is 10.6 Å². The van der Waals surface area contributed by atoms with E-state index in [4.69, 9.17) is 10.7 Å². The molecule has 0 aromatic carbocycles. The van der Waals surface area contributed by atoms with Gasteiger partial charge in [-0.1, -0.05) is 0 Å². The number of rotatable bonds is 3. The summed E-state index contributed by atoms with van der Waals surface area (Å²) in [6, 6.07) is 4.04. The molecule has 0 amide bonds. The Bertz CT molecular complexity index is 507. The van der Waals surface area contributed by atoms with E-state index in [9.17, 15) is 0 Å². The van der Waals surface area contributed by atoms with Crippen LogP contribution in [-0.2, 0) is 6.42 Å². The van der Waals surface area contributed by atoms with E-state index in [1.54, 1.807) is 0 Å². The molecule has 0 saturated carbocycles. The first-order valence-electron chi connectivity index (χ1n) is 5.98. The molecule has 2 aromatic heterocycles. The molecule has 1 atom stereocenters. The summed E-state index contributed by atoms with van der Waals surface area (Å²) < 4.78 is 0. The van der Waals surface area contributed by atoms with E-state index in [1.807, 2.05) is 35.9 Å². The predicted octanol–water partition coefficient (Wildman–Crippen LogP) is 2.58. The molecule has 0 bridgehead atoms. The Morgan fingerprint density at radius 3 is 2.94 bits per heavy atom. The zero-order chi connectivity index (χ0) is 11.7. The normalized spacial score (nSPS) is 18.3. The van der Waals surface area contributed by atoms with Crippen LogP contribution in [0.3, 0.4) is 0 Å². The standard InChI is InChI=1S/C13H15N3S/c14-6-3-9-1-2-11-12(9)16-13(17-11)10-4-7-15-8-5-10/h4-5,7-9H,1-3,6,14H2. The van der Waals surface area contributed by atoms with Gasteiger partial charge in [-0.15, -0.1) is 11.3 Å². The van der Waals surface area contributed by atoms with Crippen LogP contribution in [0.15, 0.2) is 24.5 Å². The van der Waals surface area contributed by atoms with Crippen LogP contribution in [0.25, 0.3) is 10.6 Å². The molecule has 0 radical (unpaired) electrons. The highest BCUT2D eigenvalue weighted by atomic mass is 32.1. The molecule has 0 spiro atoms. The fourth-order valence-electron chi connectivity index (χ4n) is 2.40. The number of nitrogens with zero attached hydrogens (tertiary/aromatic N) is 2. The third-order valence-electron chi connectivity index (χ3n) is 3.28. The van der Waals surface area contributed by atoms with Crippen molar-refractivity contribution in [1.29, 1.82) is 0 Å². The molecule has 0 fully saturated rings. The number of aryl methyl sites for hydroxylation is 1. The van der Waals surface area contributed by atoms with Crippen LogP contribution in [0, 0.1) is 0 Å². The smallest absolute Gasteiger partial charge is 0.123 e. The Morgan fingerprint density at radius 1 is 1.35 bits per heavy atom. The van der Waals surface area contributed by atoms with Gasteiger partial charge in [0.15, 0.2) is 0 Å². The molecule has 1 unspecified atom stereocenters. The molecular formula is C13H15N3S. The molecule has 1 aliphatic rings. The molecular weight excluding hydrogens is 230 g/mol. The molecule has 17 heavy (non-hydrogen) atoms. The average Bonchev–Trinajstić information content (AvgIpc) is 2.93. The van der Waals surface area contributed by atoms with Crippen LogP contribution in [0.1, 0.15) is 29.3 Å². The van der Waals surface area contributed by atoms with Gasteiger partial charge in [-0.25, -0.2) is 4.98 Å². The van der Waals surface area contributed by atoms with Crippen LogP contribution < -0.4 is 5.73 Å². The van der Waals surface area contributed by atoms with Crippen molar-refractivity contribution in [2.24, 2.45) is 5.73 Å². The van der Waals surface area contributed by atoms with Crippen molar-refractivity contribution in [2.75, 3.05) is 6.54 Å². The minimum Gasteiger partial charge on any atom is -0.330 e. The molecule has 0 aliphatic heterocycles. The molecule has 88 valence electrons. The molecule has 2 heterocycles. The number of thiazole rings is 1. The van der Waals surface area contributed by atoms with Crippen molar-refractivity contribution in [2.45, 2.75) is 25.2 Å². The lowest BCUT2D eigenvalue weighted by Crippen LogP contribution is -2.05. The fraction of sp³-hybridized carbons (Fsp3) is 0.385. The first-order chi connectivity index (χ1) is 8.38. The van der Waals surface area contributed by atoms with Gasteiger partial charge < -0.3 is 5.73 Å². The molecule has 1 aliphatic carbocycles. The Labute approximate surface area is 105 Å². The van der Waals surface area contributed by atoms with Gasteiger partial charge in [-0.3, -0.25) is 4.98 Å². The molecule has 0 saturated heterocycles. The summed E-state index contributed by atoms with van der Waals surface area (Å²) in [7, 11) is 0. The van der Waals surface area contributed by atoms with Gasteiger partial charge >= 0.3 is 0 Å². The Kier molecular flexibility index (Phi) is 2.91. The zero-order valence-electron chi connectivity index (χ0n) is 9.60. The number of aromatic nitrogens is 2. The SMILES string of the molecule is NCCC1CCc2sc(-c3ccncc3)nc21. The highest BCUT2D eigenvalue weighted by Gasteiger charge is 2.26. The first kappa shape index (κ1) is 10.9. The summed E-state index contributed by atoms with van der Waals surface area (Å²) in [4.78, 5) is 10.3. The van der Waals surface area contributed by atoms with Crippen LogP contribution in [0.5, 0.6) is 0 Å². The topological polar surface area (TPSA) is 51.8 Å². The maximum absolute atomic E-state index is 5.65. The van der Waals surface area contributed by atoms with E-state index in [-0.39, 0.29) is 0 Å². The van der Waals surface area contributed by atoms with Crippen molar-refractivity contribution in [1.82, 2.24) is 9.97 Å². The minimum atomic E-state index is 0.585. The lowest BCUT2D eigenvalue weighted by molar-refractivity contribution is 0.616. The van der Waals surface area contributed by atoms with E-state index in [0.717, 1.165) is 18.0 Å². The summed E-state index contributed by atoms with van der Waals surface area (Å²) in [5.41, 5.74) is 8.12. The summed E-state index contributed by atoms with van der Waals surface area (Å²) in [6.45, 7) is 0.756. The van der Waals surface area contributed by atoms with Crippen molar-refractivity contribution >= 4 is 11.3 Å². The Morgan fingerprint density at radius 2 is 2.18 bits per heavy atom. The fourth-order valence-corrected chi connectivity index (χ4v) is 3.57. The number of hydrogen-bond donors (Lipinski definition) is 1. The number of fused-ring (bicyclic) bond motifs is 1. The van der Waals surface area contributed by atoms with E-state index in [2.05, 4.69) is 4.98 Å². The maximum atomic E-state index is 5.65. The van der Waals surface area contributed by atoms with Crippen LogP contribution >= 0.6 is 11.3 Å². The van der Waals surface area contributed by atoms with Gasteiger partial charge in [0, 0.05) is 28.8 Å². The van der Waals surface area contributed by atoms with E-state index >= 15 is 0 Å². The van der Waals surface area contributed by atoms with Crippen molar-refractivity contribution < 1.29 is 0 Å². The second kappa shape index (κ2) is 4.55. The van der Waals surface area contributed by atoms with Gasteiger partial charge in [-0.05, 0) is 37.9 Å². The predicted molar refractivity (Wildman–Crippen MR) is 70.1 cm³/mol. The van der Waals surface area contributed by atoms with Gasteiger partial charge in [0.1, 0.15) is 5.01 Å². The second-order valence-corrected chi connectivity index (χ2v) is 5.46. The van der Waals surface area contributed by atoms with Gasteiger partial charge in [-0.2, -0.15) is 0 Å². The lowest BCUT2D eigenvalue weighted by atomic mass is 10.0. The van der Waals surface area contributed by atoms with Crippen molar-refractivity contribution in [3.63, 3.8) is 0 Å².